The first-order valence-electron chi connectivity index (χ1n) is 8.63. The van der Waals surface area contributed by atoms with Crippen LogP contribution in [0.4, 0.5) is 0 Å². The number of hydrogen-bond acceptors (Lipinski definition) is 4. The lowest BCUT2D eigenvalue weighted by molar-refractivity contribution is -0.143. The van der Waals surface area contributed by atoms with E-state index in [4.69, 9.17) is 4.74 Å². The van der Waals surface area contributed by atoms with Crippen molar-refractivity contribution in [2.24, 2.45) is 0 Å². The molecule has 2 aromatic carbocycles. The molecule has 1 N–H and O–H groups in total. The minimum Gasteiger partial charge on any atom is -0.460 e. The van der Waals surface area contributed by atoms with E-state index in [0.29, 0.717) is 0 Å². The maximum absolute atomic E-state index is 11.9. The summed E-state index contributed by atoms with van der Waals surface area (Å²) in [6.45, 7) is 6.06. The number of hydrogen-bond donors (Lipinski definition) is 1. The first kappa shape index (κ1) is 20.9. The fraction of sp³-hybridized carbons (Fsp3) is 0.286. The zero-order chi connectivity index (χ0) is 19.9. The van der Waals surface area contributed by atoms with Crippen molar-refractivity contribution in [3.8, 4) is 0 Å². The van der Waals surface area contributed by atoms with E-state index in [0.717, 1.165) is 16.5 Å². The number of esters is 1. The molecule has 0 spiro atoms. The van der Waals surface area contributed by atoms with Crippen molar-refractivity contribution in [2.45, 2.75) is 32.8 Å². The van der Waals surface area contributed by atoms with Gasteiger partial charge in [-0.05, 0) is 28.2 Å². The second kappa shape index (κ2) is 8.97. The van der Waals surface area contributed by atoms with Gasteiger partial charge in [0.25, 0.3) is 0 Å². The van der Waals surface area contributed by atoms with Crippen LogP contribution in [0.5, 0.6) is 0 Å². The summed E-state index contributed by atoms with van der Waals surface area (Å²) in [7, 11) is -3.71. The maximum atomic E-state index is 11.9. The van der Waals surface area contributed by atoms with E-state index in [1.165, 1.54) is 11.6 Å². The highest BCUT2D eigenvalue weighted by Crippen LogP contribution is 2.22. The highest BCUT2D eigenvalue weighted by Gasteiger charge is 2.13. The van der Waals surface area contributed by atoms with Crippen molar-refractivity contribution in [1.29, 1.82) is 0 Å². The number of benzene rings is 2. The number of rotatable bonds is 7. The molecule has 0 aromatic heterocycles. The summed E-state index contributed by atoms with van der Waals surface area (Å²) in [5.41, 5.74) is 2.85. The first-order chi connectivity index (χ1) is 12.7. The lowest BCUT2D eigenvalue weighted by Crippen LogP contribution is -2.29. The predicted molar refractivity (Wildman–Crippen MR) is 107 cm³/mol. The molecule has 0 amide bonds. The third-order valence-electron chi connectivity index (χ3n) is 3.88. The van der Waals surface area contributed by atoms with Gasteiger partial charge < -0.3 is 4.74 Å². The Morgan fingerprint density at radius 3 is 2.26 bits per heavy atom. The summed E-state index contributed by atoms with van der Waals surface area (Å²) < 4.78 is 31.1. The number of nitrogens with one attached hydrogen (secondary N) is 1. The minimum absolute atomic E-state index is 0.0563. The van der Waals surface area contributed by atoms with Crippen molar-refractivity contribution in [2.75, 3.05) is 6.54 Å². The topological polar surface area (TPSA) is 72.5 Å². The summed E-state index contributed by atoms with van der Waals surface area (Å²) in [5.74, 6) is -0.633. The monoisotopic (exact) mass is 387 g/mol. The lowest BCUT2D eigenvalue weighted by atomic mass is 9.87. The number of carbonyl (C=O) groups is 1. The second-order valence-electron chi connectivity index (χ2n) is 7.19. The highest BCUT2D eigenvalue weighted by atomic mass is 32.2. The van der Waals surface area contributed by atoms with Gasteiger partial charge in [0.2, 0.25) is 10.0 Å². The molecule has 0 unspecified atom stereocenters. The minimum atomic E-state index is -3.71. The number of ether oxygens (including phenoxy) is 1. The molecule has 6 heteroatoms. The molecule has 0 radical (unpaired) electrons. The van der Waals surface area contributed by atoms with Crippen molar-refractivity contribution < 1.29 is 17.9 Å². The van der Waals surface area contributed by atoms with Crippen molar-refractivity contribution >= 4 is 22.1 Å². The van der Waals surface area contributed by atoms with Crippen LogP contribution in [0, 0.1) is 0 Å². The number of carbonyl (C=O) groups excluding carboxylic acids is 1. The molecule has 0 atom stereocenters. The van der Waals surface area contributed by atoms with E-state index in [1.807, 2.05) is 42.5 Å². The molecule has 0 aliphatic carbocycles. The molecule has 0 aliphatic rings. The molecule has 0 fully saturated rings. The van der Waals surface area contributed by atoms with Gasteiger partial charge in [-0.15, -0.1) is 0 Å². The smallest absolute Gasteiger partial charge is 0.321 e. The molecule has 0 saturated heterocycles. The fourth-order valence-corrected chi connectivity index (χ4v) is 3.01. The first-order valence-corrected chi connectivity index (χ1v) is 10.2. The quantitative estimate of drug-likeness (QED) is 0.737. The van der Waals surface area contributed by atoms with Crippen LogP contribution >= 0.6 is 0 Å². The van der Waals surface area contributed by atoms with Crippen LogP contribution in [0.1, 0.15) is 37.5 Å². The summed E-state index contributed by atoms with van der Waals surface area (Å²) in [5, 5.41) is 1.03. The Bertz CT molecular complexity index is 880. The normalized spacial score (nSPS) is 12.3. The number of sulfonamides is 1. The van der Waals surface area contributed by atoms with Gasteiger partial charge in [-0.3, -0.25) is 4.79 Å². The van der Waals surface area contributed by atoms with E-state index in [1.54, 1.807) is 12.1 Å². The Morgan fingerprint density at radius 1 is 1.04 bits per heavy atom. The molecule has 0 heterocycles. The Kier molecular flexibility index (Phi) is 6.93. The van der Waals surface area contributed by atoms with Crippen molar-refractivity contribution in [1.82, 2.24) is 4.72 Å². The average molecular weight is 388 g/mol. The van der Waals surface area contributed by atoms with E-state index in [2.05, 4.69) is 25.5 Å². The zero-order valence-electron chi connectivity index (χ0n) is 15.8. The third-order valence-corrected chi connectivity index (χ3v) is 4.92. The summed E-state index contributed by atoms with van der Waals surface area (Å²) >= 11 is 0. The van der Waals surface area contributed by atoms with Gasteiger partial charge in [-0.25, -0.2) is 13.1 Å². The molecule has 144 valence electrons. The molecule has 0 bridgehead atoms. The van der Waals surface area contributed by atoms with Crippen LogP contribution < -0.4 is 4.72 Å². The lowest BCUT2D eigenvalue weighted by Gasteiger charge is -2.19. The van der Waals surface area contributed by atoms with E-state index < -0.39 is 22.5 Å². The van der Waals surface area contributed by atoms with E-state index >= 15 is 0 Å². The molecule has 0 aliphatic heterocycles. The van der Waals surface area contributed by atoms with Gasteiger partial charge in [0.15, 0.2) is 0 Å². The molecular weight excluding hydrogens is 362 g/mol. The molecule has 2 rings (SSSR count). The molecule has 5 nitrogen and oxygen atoms in total. The van der Waals surface area contributed by atoms with Gasteiger partial charge >= 0.3 is 5.97 Å². The summed E-state index contributed by atoms with van der Waals surface area (Å²) in [4.78, 5) is 11.8. The van der Waals surface area contributed by atoms with Gasteiger partial charge in [-0.2, -0.15) is 0 Å². The fourth-order valence-electron chi connectivity index (χ4n) is 2.26. The standard InChI is InChI=1S/C21H25NO4S/c1-21(2,3)19-11-9-18(10-12-19)16-26-20(23)15-22-27(24,25)14-13-17-7-5-4-6-8-17/h4-14,22H,15-16H2,1-3H3. The largest absolute Gasteiger partial charge is 0.460 e. The predicted octanol–water partition coefficient (Wildman–Crippen LogP) is 3.62. The summed E-state index contributed by atoms with van der Waals surface area (Å²) in [6.07, 6.45) is 1.46. The Morgan fingerprint density at radius 2 is 1.67 bits per heavy atom. The molecule has 2 aromatic rings. The highest BCUT2D eigenvalue weighted by molar-refractivity contribution is 7.92. The van der Waals surface area contributed by atoms with Gasteiger partial charge in [0.1, 0.15) is 13.2 Å². The average Bonchev–Trinajstić information content (AvgIpc) is 2.64. The van der Waals surface area contributed by atoms with Gasteiger partial charge in [0.05, 0.1) is 0 Å². The van der Waals surface area contributed by atoms with Crippen molar-refractivity contribution in [3.63, 3.8) is 0 Å². The molecule has 27 heavy (non-hydrogen) atoms. The second-order valence-corrected chi connectivity index (χ2v) is 8.84. The Hall–Kier alpha value is -2.44. The maximum Gasteiger partial charge on any atom is 0.321 e. The Labute approximate surface area is 161 Å². The van der Waals surface area contributed by atoms with Gasteiger partial charge in [-0.1, -0.05) is 75.4 Å². The van der Waals surface area contributed by atoms with Crippen LogP contribution in [0.3, 0.4) is 0 Å². The van der Waals surface area contributed by atoms with Crippen LogP contribution in [0.25, 0.3) is 6.08 Å². The molecule has 0 saturated carbocycles. The van der Waals surface area contributed by atoms with Crippen molar-refractivity contribution in [3.05, 3.63) is 76.7 Å². The van der Waals surface area contributed by atoms with Gasteiger partial charge in [0, 0.05) is 5.41 Å². The SMILES string of the molecule is CC(C)(C)c1ccc(COC(=O)CNS(=O)(=O)C=Cc2ccccc2)cc1. The van der Waals surface area contributed by atoms with E-state index in [-0.39, 0.29) is 12.0 Å². The zero-order valence-corrected chi connectivity index (χ0v) is 16.6. The Balaban J connectivity index is 1.81. The van der Waals surface area contributed by atoms with Crippen LogP contribution in [0.2, 0.25) is 0 Å². The molecular formula is C21H25NO4S. The van der Waals surface area contributed by atoms with Crippen LogP contribution in [0.15, 0.2) is 60.0 Å². The summed E-state index contributed by atoms with van der Waals surface area (Å²) in [6, 6.07) is 16.8. The van der Waals surface area contributed by atoms with Crippen LogP contribution in [-0.2, 0) is 31.6 Å². The van der Waals surface area contributed by atoms with Crippen LogP contribution in [-0.4, -0.2) is 20.9 Å². The third kappa shape index (κ3) is 7.37. The van der Waals surface area contributed by atoms with E-state index in [9.17, 15) is 13.2 Å².